The number of carboxylic acid groups (broad SMARTS) is 1. The van der Waals surface area contributed by atoms with Crippen molar-refractivity contribution >= 4 is 22.0 Å². The molecule has 3 radical (unpaired) electrons. The van der Waals surface area contributed by atoms with Crippen molar-refractivity contribution in [3.05, 3.63) is 0 Å². The van der Waals surface area contributed by atoms with Gasteiger partial charge in [0.05, 0.1) is 0 Å². The Hall–Kier alpha value is -0.315. The molecule has 0 aromatic rings. The van der Waals surface area contributed by atoms with E-state index in [9.17, 15) is 9.36 Å². The van der Waals surface area contributed by atoms with Crippen LogP contribution in [0.5, 0.6) is 0 Å². The molecule has 0 fully saturated rings. The van der Waals surface area contributed by atoms with Crippen LogP contribution in [0.3, 0.4) is 0 Å². The monoisotopic (exact) mass is 151 g/mol. The summed E-state index contributed by atoms with van der Waals surface area (Å²) in [4.78, 5) is 25.4. The number of carbonyl (C=O) groups is 1. The summed E-state index contributed by atoms with van der Waals surface area (Å²) in [6.07, 6.45) is -1.09. The van der Waals surface area contributed by atoms with Crippen LogP contribution in [0.4, 0.5) is 0 Å². The molecule has 0 saturated heterocycles. The highest BCUT2D eigenvalue weighted by atomic mass is 31.2. The highest BCUT2D eigenvalue weighted by Gasteiger charge is 2.17. The molecule has 0 saturated carbocycles. The zero-order valence-electron chi connectivity index (χ0n) is 4.39. The average molecular weight is 151 g/mol. The van der Waals surface area contributed by atoms with E-state index in [0.717, 1.165) is 0 Å². The van der Waals surface area contributed by atoms with Gasteiger partial charge in [-0.05, 0) is 0 Å². The van der Waals surface area contributed by atoms with Crippen LogP contribution in [-0.2, 0) is 9.36 Å². The fourth-order valence-corrected chi connectivity index (χ4v) is 0.529. The molecule has 7 heteroatoms. The number of hydrogen-bond donors (Lipinski definition) is 3. The van der Waals surface area contributed by atoms with Crippen LogP contribution < -0.4 is 0 Å². The van der Waals surface area contributed by atoms with Crippen molar-refractivity contribution in [1.82, 2.24) is 0 Å². The Morgan fingerprint density at radius 2 is 1.78 bits per heavy atom. The van der Waals surface area contributed by atoms with Gasteiger partial charge in [-0.2, -0.15) is 0 Å². The van der Waals surface area contributed by atoms with Gasteiger partial charge in [0, 0.05) is 8.41 Å². The Bertz CT molecular complexity index is 138. The lowest BCUT2D eigenvalue weighted by atomic mass is 10.8. The zero-order chi connectivity index (χ0) is 6.78. The van der Waals surface area contributed by atoms with E-state index in [1.165, 1.54) is 0 Å². The molecule has 9 heavy (non-hydrogen) atoms. The van der Waals surface area contributed by atoms with Gasteiger partial charge < -0.3 is 14.9 Å². The van der Waals surface area contributed by atoms with E-state index in [4.69, 9.17) is 14.9 Å². The molecule has 51 valence electrons. The molecule has 0 heterocycles. The maximum absolute atomic E-state index is 9.76. The topological polar surface area (TPSA) is 94.8 Å². The molecular formula is C2H5BO5P. The van der Waals surface area contributed by atoms with E-state index in [1.807, 2.05) is 0 Å². The molecule has 0 aliphatic rings. The maximum Gasteiger partial charge on any atom is 0.336 e. The van der Waals surface area contributed by atoms with Gasteiger partial charge in [0.1, 0.15) is 6.16 Å². The first-order valence-corrected chi connectivity index (χ1v) is 3.48. The second-order valence-corrected chi connectivity index (χ2v) is 2.86. The predicted molar refractivity (Wildman–Crippen MR) is 30.3 cm³/mol. The molecule has 0 spiro atoms. The molecule has 0 rings (SSSR count). The molecule has 0 aromatic heterocycles. The lowest BCUT2D eigenvalue weighted by molar-refractivity contribution is -0.134. The molecule has 0 aromatic carbocycles. The third-order valence-electron chi connectivity index (χ3n) is 0.341. The van der Waals surface area contributed by atoms with Gasteiger partial charge in [0.25, 0.3) is 0 Å². The predicted octanol–water partition coefficient (Wildman–Crippen LogP) is -1.13. The Kier molecular flexibility index (Phi) is 4.67. The minimum atomic E-state index is -4.32. The van der Waals surface area contributed by atoms with Gasteiger partial charge in [-0.3, -0.25) is 9.36 Å². The van der Waals surface area contributed by atoms with Gasteiger partial charge in [0.15, 0.2) is 0 Å². The normalized spacial score (nSPS) is 10.0. The van der Waals surface area contributed by atoms with Crippen molar-refractivity contribution in [3.63, 3.8) is 0 Å². The van der Waals surface area contributed by atoms with Crippen molar-refractivity contribution in [2.24, 2.45) is 0 Å². The fraction of sp³-hybridized carbons (Fsp3) is 0.500. The van der Waals surface area contributed by atoms with Crippen LogP contribution in [0.2, 0.25) is 0 Å². The molecule has 5 nitrogen and oxygen atoms in total. The molecule has 0 bridgehead atoms. The zero-order valence-corrected chi connectivity index (χ0v) is 5.28. The number of rotatable bonds is 2. The Morgan fingerprint density at radius 3 is 1.78 bits per heavy atom. The van der Waals surface area contributed by atoms with Gasteiger partial charge >= 0.3 is 13.6 Å². The minimum absolute atomic E-state index is 0. The molecule has 3 N–H and O–H groups in total. The van der Waals surface area contributed by atoms with Crippen LogP contribution in [0, 0.1) is 0 Å². The lowest BCUT2D eigenvalue weighted by Gasteiger charge is -1.95. The van der Waals surface area contributed by atoms with Crippen LogP contribution in [0.25, 0.3) is 0 Å². The molecule has 0 atom stereocenters. The van der Waals surface area contributed by atoms with E-state index < -0.39 is 19.7 Å². The van der Waals surface area contributed by atoms with Crippen molar-refractivity contribution in [1.29, 1.82) is 0 Å². The lowest BCUT2D eigenvalue weighted by Crippen LogP contribution is -2.01. The van der Waals surface area contributed by atoms with Crippen LogP contribution in [0.15, 0.2) is 0 Å². The summed E-state index contributed by atoms with van der Waals surface area (Å²) in [5.74, 6) is -1.49. The van der Waals surface area contributed by atoms with Crippen molar-refractivity contribution in [2.75, 3.05) is 6.16 Å². The second kappa shape index (κ2) is 3.66. The summed E-state index contributed by atoms with van der Waals surface area (Å²) in [6, 6.07) is 0. The maximum atomic E-state index is 9.76. The van der Waals surface area contributed by atoms with Crippen molar-refractivity contribution in [3.8, 4) is 0 Å². The standard InChI is InChI=1S/C2H5O5P.B/c3-2(4)1-8(5,6)7;/h1H2,(H,3,4)(H2,5,6,7);. The highest BCUT2D eigenvalue weighted by Crippen LogP contribution is 2.33. The van der Waals surface area contributed by atoms with E-state index in [1.54, 1.807) is 0 Å². The highest BCUT2D eigenvalue weighted by molar-refractivity contribution is 7.52. The summed E-state index contributed by atoms with van der Waals surface area (Å²) >= 11 is 0. The van der Waals surface area contributed by atoms with Gasteiger partial charge in [0.2, 0.25) is 0 Å². The molecule has 0 aliphatic carbocycles. The minimum Gasteiger partial charge on any atom is -0.481 e. The quantitative estimate of drug-likeness (QED) is 0.342. The summed E-state index contributed by atoms with van der Waals surface area (Å²) in [5.41, 5.74) is 0. The third kappa shape index (κ3) is 11.3. The fourth-order valence-electron chi connectivity index (χ4n) is 0.176. The van der Waals surface area contributed by atoms with E-state index in [2.05, 4.69) is 0 Å². The van der Waals surface area contributed by atoms with Crippen LogP contribution >= 0.6 is 7.60 Å². The second-order valence-electron chi connectivity index (χ2n) is 1.22. The van der Waals surface area contributed by atoms with Crippen LogP contribution in [0.1, 0.15) is 0 Å². The Labute approximate surface area is 53.4 Å². The van der Waals surface area contributed by atoms with E-state index >= 15 is 0 Å². The first kappa shape index (κ1) is 11.5. The van der Waals surface area contributed by atoms with E-state index in [-0.39, 0.29) is 8.41 Å². The smallest absolute Gasteiger partial charge is 0.336 e. The SMILES string of the molecule is O=C(O)CP(=O)(O)O.[B]. The number of carboxylic acids is 1. The van der Waals surface area contributed by atoms with Crippen molar-refractivity contribution < 1.29 is 24.3 Å². The third-order valence-corrected chi connectivity index (χ3v) is 1.02. The summed E-state index contributed by atoms with van der Waals surface area (Å²) in [5, 5.41) is 7.76. The largest absolute Gasteiger partial charge is 0.481 e. The summed E-state index contributed by atoms with van der Waals surface area (Å²) < 4.78 is 9.76. The van der Waals surface area contributed by atoms with Crippen molar-refractivity contribution in [2.45, 2.75) is 0 Å². The first-order valence-electron chi connectivity index (χ1n) is 1.68. The van der Waals surface area contributed by atoms with Gasteiger partial charge in [-0.15, -0.1) is 0 Å². The Morgan fingerprint density at radius 1 is 1.44 bits per heavy atom. The van der Waals surface area contributed by atoms with Gasteiger partial charge in [-0.1, -0.05) is 0 Å². The molecular weight excluding hydrogens is 146 g/mol. The summed E-state index contributed by atoms with van der Waals surface area (Å²) in [7, 11) is -4.32. The molecule has 0 unspecified atom stereocenters. The average Bonchev–Trinajstić information content (AvgIpc) is 1.21. The first-order chi connectivity index (χ1) is 3.42. The molecule has 0 aliphatic heterocycles. The van der Waals surface area contributed by atoms with Crippen LogP contribution in [-0.4, -0.2) is 35.4 Å². The van der Waals surface area contributed by atoms with Gasteiger partial charge in [-0.25, -0.2) is 0 Å². The molecule has 0 amide bonds. The summed E-state index contributed by atoms with van der Waals surface area (Å²) in [6.45, 7) is 0. The number of hydrogen-bond acceptors (Lipinski definition) is 2. The Balaban J connectivity index is 0. The number of aliphatic carboxylic acids is 1. The van der Waals surface area contributed by atoms with E-state index in [0.29, 0.717) is 0 Å².